The van der Waals surface area contributed by atoms with Gasteiger partial charge in [0.15, 0.2) is 0 Å². The molecule has 0 bridgehead atoms. The summed E-state index contributed by atoms with van der Waals surface area (Å²) in [6.07, 6.45) is 3.41. The third kappa shape index (κ3) is 2.94. The number of nitrogens with zero attached hydrogens (tertiary/aromatic N) is 2. The van der Waals surface area contributed by atoms with E-state index in [0.29, 0.717) is 17.8 Å². The second kappa shape index (κ2) is 5.66. The predicted octanol–water partition coefficient (Wildman–Crippen LogP) is 3.35. The Kier molecular flexibility index (Phi) is 3.89. The molecule has 0 spiro atoms. The van der Waals surface area contributed by atoms with Crippen molar-refractivity contribution >= 4 is 15.9 Å². The number of likely N-dealkylation sites (N-methyl/N-ethyl adjacent to an activating group) is 1. The molecule has 106 valence electrons. The number of aryl methyl sites for hydroxylation is 1. The third-order valence-corrected chi connectivity index (χ3v) is 4.45. The van der Waals surface area contributed by atoms with Crippen molar-refractivity contribution < 1.29 is 4.52 Å². The van der Waals surface area contributed by atoms with Gasteiger partial charge in [-0.15, -0.1) is 0 Å². The number of nitrogens with one attached hydrogen (secondary N) is 1. The Morgan fingerprint density at radius 3 is 2.90 bits per heavy atom. The van der Waals surface area contributed by atoms with E-state index in [9.17, 15) is 0 Å². The highest BCUT2D eigenvalue weighted by Crippen LogP contribution is 2.34. The first-order valence-electron chi connectivity index (χ1n) is 6.93. The van der Waals surface area contributed by atoms with Gasteiger partial charge in [0.2, 0.25) is 11.7 Å². The van der Waals surface area contributed by atoms with E-state index < -0.39 is 0 Å². The van der Waals surface area contributed by atoms with Crippen LogP contribution in [0.1, 0.15) is 24.3 Å². The van der Waals surface area contributed by atoms with E-state index in [2.05, 4.69) is 50.4 Å². The van der Waals surface area contributed by atoms with Crippen LogP contribution in [-0.4, -0.2) is 23.2 Å². The van der Waals surface area contributed by atoms with Crippen LogP contribution in [-0.2, 0) is 6.42 Å². The first kappa shape index (κ1) is 13.8. The van der Waals surface area contributed by atoms with Crippen LogP contribution in [0.2, 0.25) is 0 Å². The molecule has 20 heavy (non-hydrogen) atoms. The minimum Gasteiger partial charge on any atom is -0.339 e. The number of benzene rings is 1. The summed E-state index contributed by atoms with van der Waals surface area (Å²) in [5, 5.41) is 7.44. The molecular weight excluding hydrogens is 318 g/mol. The summed E-state index contributed by atoms with van der Waals surface area (Å²) >= 11 is 3.56. The lowest BCUT2D eigenvalue weighted by Crippen LogP contribution is -2.29. The van der Waals surface area contributed by atoms with E-state index >= 15 is 0 Å². The van der Waals surface area contributed by atoms with Crippen molar-refractivity contribution in [1.82, 2.24) is 15.5 Å². The van der Waals surface area contributed by atoms with Crippen LogP contribution in [0.25, 0.3) is 11.4 Å². The fourth-order valence-corrected chi connectivity index (χ4v) is 3.11. The number of aromatic nitrogens is 2. The van der Waals surface area contributed by atoms with E-state index in [0.717, 1.165) is 22.4 Å². The lowest BCUT2D eigenvalue weighted by molar-refractivity contribution is 0.352. The van der Waals surface area contributed by atoms with Crippen molar-refractivity contribution in [3.05, 3.63) is 34.1 Å². The van der Waals surface area contributed by atoms with Gasteiger partial charge >= 0.3 is 0 Å². The number of hydrogen-bond acceptors (Lipinski definition) is 4. The van der Waals surface area contributed by atoms with E-state index in [1.807, 2.05) is 13.1 Å². The normalized spacial score (nSPS) is 16.4. The molecule has 0 radical (unpaired) electrons. The van der Waals surface area contributed by atoms with Crippen LogP contribution >= 0.6 is 15.9 Å². The van der Waals surface area contributed by atoms with Crippen LogP contribution in [0.15, 0.2) is 27.2 Å². The number of hydrogen-bond donors (Lipinski definition) is 1. The maximum Gasteiger partial charge on any atom is 0.228 e. The topological polar surface area (TPSA) is 51.0 Å². The molecule has 1 atom stereocenters. The van der Waals surface area contributed by atoms with Crippen LogP contribution in [0, 0.1) is 12.8 Å². The molecule has 1 aliphatic carbocycles. The summed E-state index contributed by atoms with van der Waals surface area (Å²) in [7, 11) is 2.00. The van der Waals surface area contributed by atoms with Crippen LogP contribution < -0.4 is 5.32 Å². The first-order valence-corrected chi connectivity index (χ1v) is 7.73. The molecule has 1 saturated carbocycles. The van der Waals surface area contributed by atoms with Gasteiger partial charge in [-0.2, -0.15) is 4.98 Å². The summed E-state index contributed by atoms with van der Waals surface area (Å²) in [4.78, 5) is 4.52. The van der Waals surface area contributed by atoms with Crippen molar-refractivity contribution in [2.75, 3.05) is 7.05 Å². The molecule has 1 aromatic heterocycles. The second-order valence-corrected chi connectivity index (χ2v) is 6.29. The smallest absolute Gasteiger partial charge is 0.228 e. The quantitative estimate of drug-likeness (QED) is 0.910. The van der Waals surface area contributed by atoms with Gasteiger partial charge in [0.05, 0.1) is 0 Å². The van der Waals surface area contributed by atoms with Crippen LogP contribution in [0.4, 0.5) is 0 Å². The molecule has 1 unspecified atom stereocenters. The monoisotopic (exact) mass is 335 g/mol. The zero-order valence-corrected chi connectivity index (χ0v) is 13.3. The fraction of sp³-hybridized carbons (Fsp3) is 0.467. The third-order valence-electron chi connectivity index (χ3n) is 3.79. The van der Waals surface area contributed by atoms with Crippen LogP contribution in [0.3, 0.4) is 0 Å². The molecule has 5 heteroatoms. The molecule has 0 saturated heterocycles. The summed E-state index contributed by atoms with van der Waals surface area (Å²) in [5.74, 6) is 2.12. The van der Waals surface area contributed by atoms with E-state index in [-0.39, 0.29) is 0 Å². The Labute approximate surface area is 127 Å². The maximum absolute atomic E-state index is 5.39. The number of halogens is 1. The average Bonchev–Trinajstić information content (AvgIpc) is 3.16. The molecule has 1 aromatic carbocycles. The number of rotatable bonds is 5. The Morgan fingerprint density at radius 1 is 1.45 bits per heavy atom. The molecule has 1 fully saturated rings. The Hall–Kier alpha value is -1.20. The lowest BCUT2D eigenvalue weighted by atomic mass is 10.1. The highest BCUT2D eigenvalue weighted by Gasteiger charge is 2.31. The summed E-state index contributed by atoms with van der Waals surface area (Å²) in [6.45, 7) is 2.06. The molecule has 3 rings (SSSR count). The predicted molar refractivity (Wildman–Crippen MR) is 81.4 cm³/mol. The van der Waals surface area contributed by atoms with Gasteiger partial charge in [-0.1, -0.05) is 27.2 Å². The van der Waals surface area contributed by atoms with Gasteiger partial charge in [0, 0.05) is 22.5 Å². The molecule has 0 amide bonds. The van der Waals surface area contributed by atoms with E-state index in [1.54, 1.807) is 0 Å². The van der Waals surface area contributed by atoms with Crippen molar-refractivity contribution in [1.29, 1.82) is 0 Å². The highest BCUT2D eigenvalue weighted by molar-refractivity contribution is 9.10. The first-order chi connectivity index (χ1) is 9.67. The standard InChI is InChI=1S/C15H18BrN3O/c1-9-3-6-11(12(16)7-9)15-18-14(20-19-15)8-13(17-2)10-4-5-10/h3,6-7,10,13,17H,4-5,8H2,1-2H3. The van der Waals surface area contributed by atoms with Crippen molar-refractivity contribution in [3.8, 4) is 11.4 Å². The van der Waals surface area contributed by atoms with Gasteiger partial charge < -0.3 is 9.84 Å². The van der Waals surface area contributed by atoms with Gasteiger partial charge in [0.1, 0.15) is 0 Å². The maximum atomic E-state index is 5.39. The zero-order valence-electron chi connectivity index (χ0n) is 11.7. The molecule has 2 aromatic rings. The second-order valence-electron chi connectivity index (χ2n) is 5.43. The van der Waals surface area contributed by atoms with Gasteiger partial charge in [-0.3, -0.25) is 0 Å². The van der Waals surface area contributed by atoms with Crippen LogP contribution in [0.5, 0.6) is 0 Å². The Morgan fingerprint density at radius 2 is 2.25 bits per heavy atom. The molecular formula is C15H18BrN3O. The van der Waals surface area contributed by atoms with Crippen molar-refractivity contribution in [2.24, 2.45) is 5.92 Å². The largest absolute Gasteiger partial charge is 0.339 e. The Balaban J connectivity index is 1.79. The lowest BCUT2D eigenvalue weighted by Gasteiger charge is -2.11. The Bertz CT molecular complexity index is 607. The van der Waals surface area contributed by atoms with Crippen molar-refractivity contribution in [2.45, 2.75) is 32.2 Å². The molecule has 1 heterocycles. The van der Waals surface area contributed by atoms with Gasteiger partial charge in [-0.05, 0) is 50.4 Å². The molecule has 1 N–H and O–H groups in total. The zero-order chi connectivity index (χ0) is 14.1. The minimum absolute atomic E-state index is 0.449. The van der Waals surface area contributed by atoms with Crippen molar-refractivity contribution in [3.63, 3.8) is 0 Å². The highest BCUT2D eigenvalue weighted by atomic mass is 79.9. The summed E-state index contributed by atoms with van der Waals surface area (Å²) in [6, 6.07) is 6.58. The summed E-state index contributed by atoms with van der Waals surface area (Å²) in [5.41, 5.74) is 2.17. The van der Waals surface area contributed by atoms with Gasteiger partial charge in [0.25, 0.3) is 0 Å². The van der Waals surface area contributed by atoms with Gasteiger partial charge in [-0.25, -0.2) is 0 Å². The SMILES string of the molecule is CNC(Cc1nc(-c2ccc(C)cc2Br)no1)C1CC1. The van der Waals surface area contributed by atoms with E-state index in [4.69, 9.17) is 4.52 Å². The average molecular weight is 336 g/mol. The minimum atomic E-state index is 0.449. The fourth-order valence-electron chi connectivity index (χ4n) is 2.44. The summed E-state index contributed by atoms with van der Waals surface area (Å²) < 4.78 is 6.39. The van der Waals surface area contributed by atoms with E-state index in [1.165, 1.54) is 18.4 Å². The molecule has 0 aliphatic heterocycles. The molecule has 1 aliphatic rings. The molecule has 4 nitrogen and oxygen atoms in total.